The number of allylic oxidation sites excluding steroid dienone is 2. The number of rotatable bonds is 9. The van der Waals surface area contributed by atoms with Gasteiger partial charge in [0.05, 0.1) is 5.69 Å². The lowest BCUT2D eigenvalue weighted by atomic mass is 9.85. The van der Waals surface area contributed by atoms with E-state index < -0.39 is 0 Å². The van der Waals surface area contributed by atoms with E-state index in [0.717, 1.165) is 54.0 Å². The van der Waals surface area contributed by atoms with Crippen molar-refractivity contribution in [3.8, 4) is 11.3 Å². The molecule has 0 amide bonds. The van der Waals surface area contributed by atoms with Crippen molar-refractivity contribution >= 4 is 5.57 Å². The Morgan fingerprint density at radius 1 is 1.07 bits per heavy atom. The summed E-state index contributed by atoms with van der Waals surface area (Å²) < 4.78 is 0. The Bertz CT molecular complexity index is 852. The van der Waals surface area contributed by atoms with Crippen LogP contribution in [0.3, 0.4) is 0 Å². The molecule has 29 heavy (non-hydrogen) atoms. The Morgan fingerprint density at radius 3 is 2.28 bits per heavy atom. The third kappa shape index (κ3) is 5.14. The van der Waals surface area contributed by atoms with Crippen LogP contribution in [0.5, 0.6) is 0 Å². The topological polar surface area (TPSA) is 46.0 Å². The molecule has 2 aromatic rings. The zero-order valence-electron chi connectivity index (χ0n) is 19.3. The van der Waals surface area contributed by atoms with Gasteiger partial charge in [0, 0.05) is 29.3 Å². The molecule has 1 atom stereocenters. The minimum absolute atomic E-state index is 0.218. The van der Waals surface area contributed by atoms with Crippen LogP contribution in [0.4, 0.5) is 0 Å². The van der Waals surface area contributed by atoms with Gasteiger partial charge in [0.2, 0.25) is 0 Å². The number of nitrogens with zero attached hydrogens (tertiary/aromatic N) is 2. The number of pyridine rings is 2. The van der Waals surface area contributed by atoms with E-state index in [-0.39, 0.29) is 6.61 Å². The van der Waals surface area contributed by atoms with Crippen molar-refractivity contribution in [2.24, 2.45) is 5.92 Å². The van der Waals surface area contributed by atoms with Gasteiger partial charge in [0.15, 0.2) is 0 Å². The molecule has 0 saturated carbocycles. The maximum Gasteiger partial charge on any atom is 0.0753 e. The van der Waals surface area contributed by atoms with Crippen molar-refractivity contribution in [3.63, 3.8) is 0 Å². The SMILES string of the molecule is C/C=C(\c1cc(C)c(-c2ccc(C(C)C)nc2CC)nc1CC)[C@@H](CC)CCO. The monoisotopic (exact) mass is 394 g/mol. The van der Waals surface area contributed by atoms with Gasteiger partial charge in [-0.2, -0.15) is 0 Å². The summed E-state index contributed by atoms with van der Waals surface area (Å²) in [5, 5.41) is 9.50. The first kappa shape index (κ1) is 23.3. The second kappa shape index (κ2) is 10.7. The molecule has 2 heterocycles. The lowest BCUT2D eigenvalue weighted by Crippen LogP contribution is -2.10. The molecule has 0 spiro atoms. The first-order valence-electron chi connectivity index (χ1n) is 11.2. The zero-order chi connectivity index (χ0) is 21.6. The van der Waals surface area contributed by atoms with Gasteiger partial charge in [-0.1, -0.05) is 40.7 Å². The number of aryl methyl sites for hydroxylation is 3. The van der Waals surface area contributed by atoms with Gasteiger partial charge < -0.3 is 5.11 Å². The molecule has 0 saturated heterocycles. The van der Waals surface area contributed by atoms with Crippen LogP contribution in [-0.4, -0.2) is 21.7 Å². The Hall–Kier alpha value is -2.00. The lowest BCUT2D eigenvalue weighted by Gasteiger charge is -2.22. The van der Waals surface area contributed by atoms with E-state index in [1.165, 1.54) is 16.7 Å². The van der Waals surface area contributed by atoms with Crippen LogP contribution >= 0.6 is 0 Å². The maximum absolute atomic E-state index is 9.50. The summed E-state index contributed by atoms with van der Waals surface area (Å²) in [6.45, 7) is 15.4. The third-order valence-corrected chi connectivity index (χ3v) is 5.84. The molecule has 0 bridgehead atoms. The van der Waals surface area contributed by atoms with Gasteiger partial charge >= 0.3 is 0 Å². The van der Waals surface area contributed by atoms with Crippen LogP contribution < -0.4 is 0 Å². The summed E-state index contributed by atoms with van der Waals surface area (Å²) in [5.74, 6) is 0.785. The molecule has 0 unspecified atom stereocenters. The molecule has 3 heteroatoms. The van der Waals surface area contributed by atoms with E-state index in [2.05, 4.69) is 72.7 Å². The minimum atomic E-state index is 0.218. The average Bonchev–Trinajstić information content (AvgIpc) is 2.73. The van der Waals surface area contributed by atoms with Crippen molar-refractivity contribution in [1.82, 2.24) is 9.97 Å². The van der Waals surface area contributed by atoms with Gasteiger partial charge in [-0.3, -0.25) is 9.97 Å². The maximum atomic E-state index is 9.50. The quantitative estimate of drug-likeness (QED) is 0.527. The molecule has 0 aliphatic carbocycles. The molecular weight excluding hydrogens is 356 g/mol. The van der Waals surface area contributed by atoms with Gasteiger partial charge in [-0.15, -0.1) is 0 Å². The number of aromatic nitrogens is 2. The van der Waals surface area contributed by atoms with Gasteiger partial charge in [0.1, 0.15) is 0 Å². The van der Waals surface area contributed by atoms with Crippen LogP contribution in [0.25, 0.3) is 16.8 Å². The van der Waals surface area contributed by atoms with Crippen molar-refractivity contribution in [2.45, 2.75) is 80.1 Å². The van der Waals surface area contributed by atoms with Crippen LogP contribution in [0.15, 0.2) is 24.3 Å². The molecule has 158 valence electrons. The Morgan fingerprint density at radius 2 is 1.76 bits per heavy atom. The van der Waals surface area contributed by atoms with E-state index in [4.69, 9.17) is 9.97 Å². The highest BCUT2D eigenvalue weighted by molar-refractivity contribution is 5.74. The minimum Gasteiger partial charge on any atom is -0.396 e. The predicted octanol–water partition coefficient (Wildman–Crippen LogP) is 6.51. The van der Waals surface area contributed by atoms with E-state index in [1.54, 1.807) is 0 Å². The number of hydrogen-bond acceptors (Lipinski definition) is 3. The van der Waals surface area contributed by atoms with Crippen molar-refractivity contribution in [2.75, 3.05) is 6.61 Å². The molecule has 0 aromatic carbocycles. The average molecular weight is 395 g/mol. The number of aliphatic hydroxyl groups excluding tert-OH is 1. The molecule has 2 rings (SSSR count). The van der Waals surface area contributed by atoms with E-state index in [0.29, 0.717) is 11.8 Å². The molecule has 2 aromatic heterocycles. The second-order valence-electron chi connectivity index (χ2n) is 8.10. The highest BCUT2D eigenvalue weighted by Gasteiger charge is 2.20. The van der Waals surface area contributed by atoms with E-state index in [9.17, 15) is 5.11 Å². The third-order valence-electron chi connectivity index (χ3n) is 5.84. The Labute approximate surface area is 177 Å². The van der Waals surface area contributed by atoms with Crippen molar-refractivity contribution < 1.29 is 5.11 Å². The van der Waals surface area contributed by atoms with Crippen LogP contribution in [0, 0.1) is 12.8 Å². The van der Waals surface area contributed by atoms with E-state index >= 15 is 0 Å². The Balaban J connectivity index is 2.61. The fraction of sp³-hybridized carbons (Fsp3) is 0.538. The predicted molar refractivity (Wildman–Crippen MR) is 124 cm³/mol. The molecule has 3 nitrogen and oxygen atoms in total. The summed E-state index contributed by atoms with van der Waals surface area (Å²) in [7, 11) is 0. The standard InChI is InChI=1S/C26H38N2O/c1-8-19(14-15-29)20(9-2)22-16-18(7)26(28-24(22)11-4)21-12-13-25(17(5)6)27-23(21)10-3/h9,12-13,16-17,19,29H,8,10-11,14-15H2,1-7H3/b20-9-/t19-/m0/s1. The van der Waals surface area contributed by atoms with Gasteiger partial charge in [0.25, 0.3) is 0 Å². The second-order valence-corrected chi connectivity index (χ2v) is 8.10. The van der Waals surface area contributed by atoms with Gasteiger partial charge in [-0.05, 0) is 86.3 Å². The zero-order valence-corrected chi connectivity index (χ0v) is 19.3. The van der Waals surface area contributed by atoms with E-state index in [1.807, 2.05) is 0 Å². The Kier molecular flexibility index (Phi) is 8.58. The highest BCUT2D eigenvalue weighted by atomic mass is 16.3. The highest BCUT2D eigenvalue weighted by Crippen LogP contribution is 2.34. The van der Waals surface area contributed by atoms with Crippen LogP contribution in [0.2, 0.25) is 0 Å². The fourth-order valence-electron chi connectivity index (χ4n) is 4.12. The summed E-state index contributed by atoms with van der Waals surface area (Å²) in [6.07, 6.45) is 5.80. The fourth-order valence-corrected chi connectivity index (χ4v) is 4.12. The van der Waals surface area contributed by atoms with Crippen molar-refractivity contribution in [3.05, 3.63) is 52.5 Å². The summed E-state index contributed by atoms with van der Waals surface area (Å²) in [6, 6.07) is 6.64. The first-order chi connectivity index (χ1) is 13.9. The molecule has 0 radical (unpaired) electrons. The number of aliphatic hydroxyl groups is 1. The largest absolute Gasteiger partial charge is 0.396 e. The van der Waals surface area contributed by atoms with Crippen molar-refractivity contribution in [1.29, 1.82) is 0 Å². The lowest BCUT2D eigenvalue weighted by molar-refractivity contribution is 0.270. The summed E-state index contributed by atoms with van der Waals surface area (Å²) >= 11 is 0. The molecular formula is C26H38N2O. The summed E-state index contributed by atoms with van der Waals surface area (Å²) in [5.41, 5.74) is 9.33. The molecule has 0 fully saturated rings. The summed E-state index contributed by atoms with van der Waals surface area (Å²) in [4.78, 5) is 10.1. The molecule has 0 aliphatic heterocycles. The molecule has 1 N–H and O–H groups in total. The first-order valence-corrected chi connectivity index (χ1v) is 11.2. The molecule has 0 aliphatic rings. The van der Waals surface area contributed by atoms with Crippen LogP contribution in [-0.2, 0) is 12.8 Å². The van der Waals surface area contributed by atoms with Crippen LogP contribution in [0.1, 0.15) is 88.5 Å². The normalized spacial score (nSPS) is 13.2. The number of hydrogen-bond donors (Lipinski definition) is 1. The smallest absolute Gasteiger partial charge is 0.0753 e. The van der Waals surface area contributed by atoms with Gasteiger partial charge in [-0.25, -0.2) is 0 Å².